The lowest BCUT2D eigenvalue weighted by Gasteiger charge is -2.19. The highest BCUT2D eigenvalue weighted by molar-refractivity contribution is 7.18. The Balaban J connectivity index is 1.44. The van der Waals surface area contributed by atoms with E-state index in [0.717, 1.165) is 26.7 Å². The molecule has 1 aromatic heterocycles. The molecule has 2 N–H and O–H groups in total. The van der Waals surface area contributed by atoms with Crippen LogP contribution in [0.25, 0.3) is 10.2 Å². The molecule has 2 atom stereocenters. The van der Waals surface area contributed by atoms with Gasteiger partial charge in [-0.25, -0.2) is 4.98 Å². The van der Waals surface area contributed by atoms with Crippen molar-refractivity contribution < 1.29 is 14.4 Å². The Bertz CT molecular complexity index is 876. The van der Waals surface area contributed by atoms with Crippen molar-refractivity contribution in [2.45, 2.75) is 19.9 Å². The monoisotopic (exact) mass is 384 g/mol. The molecule has 27 heavy (non-hydrogen) atoms. The number of fused-ring (bicyclic) bond motifs is 1. The lowest BCUT2D eigenvalue weighted by atomic mass is 10.2. The molecule has 0 fully saturated rings. The van der Waals surface area contributed by atoms with E-state index >= 15 is 0 Å². The highest BCUT2D eigenvalue weighted by Gasteiger charge is 2.21. The van der Waals surface area contributed by atoms with Gasteiger partial charge in [-0.05, 0) is 43.7 Å². The highest BCUT2D eigenvalue weighted by atomic mass is 32.1. The summed E-state index contributed by atoms with van der Waals surface area (Å²) in [6, 6.07) is 16.2. The van der Waals surface area contributed by atoms with Crippen molar-refractivity contribution in [1.82, 2.24) is 10.3 Å². The SMILES string of the molecule is Cc1cccc(OCCNC(=O)C[NH+](C)[C@@H](C)c2nc3ccccc3s2)c1. The van der Waals surface area contributed by atoms with Crippen LogP contribution in [-0.2, 0) is 4.79 Å². The van der Waals surface area contributed by atoms with Crippen LogP contribution in [0.2, 0.25) is 0 Å². The number of thiazole rings is 1. The van der Waals surface area contributed by atoms with E-state index in [9.17, 15) is 4.79 Å². The van der Waals surface area contributed by atoms with E-state index in [0.29, 0.717) is 19.7 Å². The molecule has 6 heteroatoms. The van der Waals surface area contributed by atoms with E-state index in [-0.39, 0.29) is 11.9 Å². The molecule has 0 aliphatic carbocycles. The number of hydrogen-bond acceptors (Lipinski definition) is 4. The molecule has 3 aromatic rings. The molecule has 1 amide bonds. The Labute approximate surface area is 164 Å². The van der Waals surface area contributed by atoms with Crippen molar-refractivity contribution in [2.75, 3.05) is 26.7 Å². The fourth-order valence-corrected chi connectivity index (χ4v) is 3.93. The van der Waals surface area contributed by atoms with Crippen molar-refractivity contribution in [2.24, 2.45) is 0 Å². The normalized spacial score (nSPS) is 13.3. The van der Waals surface area contributed by atoms with E-state index in [4.69, 9.17) is 9.72 Å². The molecule has 0 bridgehead atoms. The zero-order valence-electron chi connectivity index (χ0n) is 16.0. The quantitative estimate of drug-likeness (QED) is 0.587. The number of carbonyl (C=O) groups excluding carboxylic acids is 1. The number of amides is 1. The first-order chi connectivity index (χ1) is 13.0. The van der Waals surface area contributed by atoms with E-state index in [1.807, 2.05) is 56.4 Å². The minimum absolute atomic E-state index is 0.0216. The zero-order valence-corrected chi connectivity index (χ0v) is 16.8. The van der Waals surface area contributed by atoms with Gasteiger partial charge in [-0.15, -0.1) is 11.3 Å². The van der Waals surface area contributed by atoms with Crippen molar-refractivity contribution in [3.63, 3.8) is 0 Å². The van der Waals surface area contributed by atoms with Gasteiger partial charge in [-0.2, -0.15) is 0 Å². The molecule has 3 rings (SSSR count). The van der Waals surface area contributed by atoms with Crippen molar-refractivity contribution in [1.29, 1.82) is 0 Å². The molecule has 1 unspecified atom stereocenters. The topological polar surface area (TPSA) is 55.7 Å². The molecule has 0 aliphatic heterocycles. The van der Waals surface area contributed by atoms with Crippen LogP contribution < -0.4 is 15.0 Å². The van der Waals surface area contributed by atoms with Gasteiger partial charge >= 0.3 is 0 Å². The standard InChI is InChI=1S/C21H25N3O2S/c1-15-7-6-8-17(13-15)26-12-11-22-20(25)14-24(3)16(2)21-23-18-9-4-5-10-19(18)27-21/h4-10,13,16H,11-12,14H2,1-3H3,(H,22,25)/p+1/t16-/m0/s1. The van der Waals surface area contributed by atoms with Crippen LogP contribution in [0.5, 0.6) is 5.75 Å². The molecule has 1 heterocycles. The van der Waals surface area contributed by atoms with Gasteiger partial charge < -0.3 is 15.0 Å². The van der Waals surface area contributed by atoms with Crippen molar-refractivity contribution in [3.05, 3.63) is 59.1 Å². The number of hydrogen-bond donors (Lipinski definition) is 2. The number of likely N-dealkylation sites (N-methyl/N-ethyl adjacent to an activating group) is 1. The summed E-state index contributed by atoms with van der Waals surface area (Å²) < 4.78 is 6.85. The summed E-state index contributed by atoms with van der Waals surface area (Å²) in [5.74, 6) is 0.852. The third-order valence-electron chi connectivity index (χ3n) is 4.54. The molecule has 0 saturated carbocycles. The number of rotatable bonds is 8. The average Bonchev–Trinajstić information content (AvgIpc) is 3.09. The van der Waals surface area contributed by atoms with E-state index in [1.54, 1.807) is 11.3 Å². The number of aryl methyl sites for hydroxylation is 1. The van der Waals surface area contributed by atoms with Crippen LogP contribution in [-0.4, -0.2) is 37.6 Å². The third kappa shape index (κ3) is 5.28. The maximum absolute atomic E-state index is 12.2. The summed E-state index contributed by atoms with van der Waals surface area (Å²) in [5, 5.41) is 3.99. The van der Waals surface area contributed by atoms with Crippen LogP contribution in [0.4, 0.5) is 0 Å². The van der Waals surface area contributed by atoms with Gasteiger partial charge in [-0.3, -0.25) is 4.79 Å². The largest absolute Gasteiger partial charge is 0.492 e. The number of para-hydroxylation sites is 1. The van der Waals surface area contributed by atoms with E-state index < -0.39 is 0 Å². The predicted octanol–water partition coefficient (Wildman–Crippen LogP) is 2.38. The number of nitrogens with one attached hydrogen (secondary N) is 2. The lowest BCUT2D eigenvalue weighted by molar-refractivity contribution is -0.902. The molecular formula is C21H26N3O2S+. The number of ether oxygens (including phenoxy) is 1. The van der Waals surface area contributed by atoms with Gasteiger partial charge in [0.05, 0.1) is 23.8 Å². The smallest absolute Gasteiger partial charge is 0.275 e. The second-order valence-electron chi connectivity index (χ2n) is 6.78. The Hall–Kier alpha value is -2.44. The maximum Gasteiger partial charge on any atom is 0.275 e. The Morgan fingerprint density at radius 2 is 2.07 bits per heavy atom. The van der Waals surface area contributed by atoms with Crippen LogP contribution in [0.3, 0.4) is 0 Å². The lowest BCUT2D eigenvalue weighted by Crippen LogP contribution is -3.10. The Morgan fingerprint density at radius 3 is 2.85 bits per heavy atom. The summed E-state index contributed by atoms with van der Waals surface area (Å²) in [6.45, 7) is 5.50. The molecule has 2 aromatic carbocycles. The first-order valence-electron chi connectivity index (χ1n) is 9.17. The fraction of sp³-hybridized carbons (Fsp3) is 0.333. The molecule has 0 aliphatic rings. The second kappa shape index (κ2) is 8.97. The molecular weight excluding hydrogens is 358 g/mol. The van der Waals surface area contributed by atoms with Crippen LogP contribution in [0.1, 0.15) is 23.5 Å². The number of carbonyl (C=O) groups is 1. The summed E-state index contributed by atoms with van der Waals surface area (Å²) in [6.07, 6.45) is 0. The first-order valence-corrected chi connectivity index (χ1v) is 9.98. The maximum atomic E-state index is 12.2. The third-order valence-corrected chi connectivity index (χ3v) is 5.76. The van der Waals surface area contributed by atoms with Crippen LogP contribution in [0.15, 0.2) is 48.5 Å². The van der Waals surface area contributed by atoms with Gasteiger partial charge in [0.25, 0.3) is 5.91 Å². The van der Waals surface area contributed by atoms with Gasteiger partial charge in [0.15, 0.2) is 11.6 Å². The van der Waals surface area contributed by atoms with E-state index in [1.165, 1.54) is 4.70 Å². The van der Waals surface area contributed by atoms with Crippen molar-refractivity contribution >= 4 is 27.5 Å². The highest BCUT2D eigenvalue weighted by Crippen LogP contribution is 2.24. The van der Waals surface area contributed by atoms with Crippen LogP contribution in [0, 0.1) is 6.92 Å². The average molecular weight is 385 g/mol. The fourth-order valence-electron chi connectivity index (χ4n) is 2.82. The molecule has 5 nitrogen and oxygen atoms in total. The predicted molar refractivity (Wildman–Crippen MR) is 109 cm³/mol. The van der Waals surface area contributed by atoms with Gasteiger partial charge in [0.1, 0.15) is 18.4 Å². The minimum Gasteiger partial charge on any atom is -0.492 e. The summed E-state index contributed by atoms with van der Waals surface area (Å²) >= 11 is 1.70. The van der Waals surface area contributed by atoms with Gasteiger partial charge in [0.2, 0.25) is 0 Å². The molecule has 0 spiro atoms. The number of benzene rings is 2. The summed E-state index contributed by atoms with van der Waals surface area (Å²) in [7, 11) is 2.03. The zero-order chi connectivity index (χ0) is 19.2. The Morgan fingerprint density at radius 1 is 1.26 bits per heavy atom. The van der Waals surface area contributed by atoms with Gasteiger partial charge in [0, 0.05) is 0 Å². The molecule has 0 saturated heterocycles. The number of aromatic nitrogens is 1. The minimum atomic E-state index is 0.0216. The number of quaternary nitrogens is 1. The van der Waals surface area contributed by atoms with Crippen LogP contribution >= 0.6 is 11.3 Å². The molecule has 142 valence electrons. The van der Waals surface area contributed by atoms with Crippen molar-refractivity contribution in [3.8, 4) is 5.75 Å². The van der Waals surface area contributed by atoms with Gasteiger partial charge in [-0.1, -0.05) is 24.3 Å². The number of nitrogens with zero attached hydrogens (tertiary/aromatic N) is 1. The second-order valence-corrected chi connectivity index (χ2v) is 7.84. The van der Waals surface area contributed by atoms with E-state index in [2.05, 4.69) is 18.3 Å². The summed E-state index contributed by atoms with van der Waals surface area (Å²) in [4.78, 5) is 18.0. The Kier molecular flexibility index (Phi) is 6.42. The summed E-state index contributed by atoms with van der Waals surface area (Å²) in [5.41, 5.74) is 2.18. The molecule has 0 radical (unpaired) electrons. The first kappa shape index (κ1) is 19.3.